The molecule has 0 unspecified atom stereocenters. The fraction of sp³-hybridized carbons (Fsp3) is 0.348. The third-order valence-corrected chi connectivity index (χ3v) is 7.33. The van der Waals surface area contributed by atoms with Gasteiger partial charge < -0.3 is 15.4 Å². The van der Waals surface area contributed by atoms with Crippen molar-refractivity contribution in [2.75, 3.05) is 17.7 Å². The number of thiophene rings is 1. The monoisotopic (exact) mass is 506 g/mol. The number of ether oxygens (including phenoxy) is 1. The molecule has 0 saturated carbocycles. The van der Waals surface area contributed by atoms with Crippen LogP contribution < -0.4 is 10.6 Å². The summed E-state index contributed by atoms with van der Waals surface area (Å²) in [5.74, 6) is -0.735. The summed E-state index contributed by atoms with van der Waals surface area (Å²) in [5, 5.41) is 11.9. The predicted octanol–water partition coefficient (Wildman–Crippen LogP) is 6.04. The van der Waals surface area contributed by atoms with Gasteiger partial charge in [-0.2, -0.15) is 5.10 Å². The minimum atomic E-state index is -0.381. The number of fused-ring (bicyclic) bond motifs is 1. The highest BCUT2D eigenvalue weighted by Crippen LogP contribution is 2.37. The smallest absolute Gasteiger partial charge is 0.341 e. The van der Waals surface area contributed by atoms with Crippen LogP contribution in [-0.2, 0) is 24.1 Å². The summed E-state index contributed by atoms with van der Waals surface area (Å²) in [6, 6.07) is 4.58. The summed E-state index contributed by atoms with van der Waals surface area (Å²) in [4.78, 5) is 13.8. The molecule has 2 aromatic heterocycles. The highest BCUT2D eigenvalue weighted by Gasteiger charge is 2.25. The normalized spacial score (nSPS) is 13.5. The molecule has 2 N–H and O–H groups in total. The van der Waals surface area contributed by atoms with E-state index in [1.165, 1.54) is 30.9 Å². The number of hydrogen-bond acceptors (Lipinski definition) is 5. The molecule has 174 valence electrons. The molecule has 0 spiro atoms. The number of rotatable bonds is 5. The number of nitrogens with one attached hydrogen (secondary N) is 2. The number of aromatic nitrogens is 2. The van der Waals surface area contributed by atoms with Crippen molar-refractivity contribution in [1.29, 1.82) is 0 Å². The third-order valence-electron chi connectivity index (χ3n) is 5.56. The first kappa shape index (κ1) is 23.7. The van der Waals surface area contributed by atoms with Crippen LogP contribution in [0.1, 0.15) is 52.0 Å². The number of nitrogens with zero attached hydrogens (tertiary/aromatic N) is 2. The van der Waals surface area contributed by atoms with Crippen molar-refractivity contribution in [3.05, 3.63) is 63.0 Å². The standard InChI is InChI=1S/C23H24ClFN4O2S2/c1-31-22(30)20-15-7-4-2-3-5-10-19(15)33-21(20)28-23(32)27-14-11-26-29(12-14)13-16-17(24)8-6-9-18(16)25/h6,8-9,11-12H,2-5,7,10,13H2,1H3,(H2,27,28,32). The number of benzene rings is 1. The lowest BCUT2D eigenvalue weighted by atomic mass is 9.96. The Kier molecular flexibility index (Phi) is 7.62. The Hall–Kier alpha value is -2.49. The fourth-order valence-electron chi connectivity index (χ4n) is 3.95. The molecular weight excluding hydrogens is 483 g/mol. The molecule has 6 nitrogen and oxygen atoms in total. The van der Waals surface area contributed by atoms with Gasteiger partial charge in [0, 0.05) is 21.7 Å². The fourth-order valence-corrected chi connectivity index (χ4v) is 5.74. The molecule has 0 bridgehead atoms. The second-order valence-electron chi connectivity index (χ2n) is 7.82. The van der Waals surface area contributed by atoms with E-state index in [1.54, 1.807) is 40.5 Å². The van der Waals surface area contributed by atoms with E-state index in [1.807, 2.05) is 0 Å². The minimum absolute atomic E-state index is 0.192. The van der Waals surface area contributed by atoms with E-state index in [0.717, 1.165) is 31.2 Å². The number of halogens is 2. The number of methoxy groups -OCH3 is 1. The van der Waals surface area contributed by atoms with Crippen molar-refractivity contribution in [2.45, 2.75) is 45.1 Å². The molecule has 33 heavy (non-hydrogen) atoms. The number of aryl methyl sites for hydroxylation is 1. The third kappa shape index (κ3) is 5.54. The van der Waals surface area contributed by atoms with Crippen LogP contribution in [0.4, 0.5) is 15.1 Å². The van der Waals surface area contributed by atoms with Gasteiger partial charge in [0.25, 0.3) is 0 Å². The molecule has 2 heterocycles. The Balaban J connectivity index is 1.48. The molecule has 10 heteroatoms. The van der Waals surface area contributed by atoms with Crippen molar-refractivity contribution in [3.63, 3.8) is 0 Å². The molecule has 1 aliphatic rings. The van der Waals surface area contributed by atoms with Crippen LogP contribution in [0.3, 0.4) is 0 Å². The molecule has 0 atom stereocenters. The van der Waals surface area contributed by atoms with Gasteiger partial charge in [-0.1, -0.05) is 30.5 Å². The number of carbonyl (C=O) groups is 1. The van der Waals surface area contributed by atoms with Gasteiger partial charge in [0.15, 0.2) is 5.11 Å². The summed E-state index contributed by atoms with van der Waals surface area (Å²) in [5.41, 5.74) is 2.66. The molecule has 3 aromatic rings. The Morgan fingerprint density at radius 2 is 2.06 bits per heavy atom. The number of esters is 1. The van der Waals surface area contributed by atoms with E-state index >= 15 is 0 Å². The summed E-state index contributed by atoms with van der Waals surface area (Å²) >= 11 is 13.2. The second kappa shape index (κ2) is 10.6. The number of carbonyl (C=O) groups excluding carboxylic acids is 1. The van der Waals surface area contributed by atoms with E-state index in [0.29, 0.717) is 32.0 Å². The molecule has 0 fully saturated rings. The summed E-state index contributed by atoms with van der Waals surface area (Å²) in [6.45, 7) is 0.192. The Bertz CT molecular complexity index is 1160. The molecule has 0 saturated heterocycles. The van der Waals surface area contributed by atoms with Gasteiger partial charge in [-0.05, 0) is 55.6 Å². The first-order valence-corrected chi connectivity index (χ1v) is 12.3. The molecular formula is C23H24ClFN4O2S2. The predicted molar refractivity (Wildman–Crippen MR) is 134 cm³/mol. The van der Waals surface area contributed by atoms with E-state index in [4.69, 9.17) is 28.6 Å². The maximum atomic E-state index is 14.1. The van der Waals surface area contributed by atoms with Crippen LogP contribution >= 0.6 is 35.2 Å². The van der Waals surface area contributed by atoms with Gasteiger partial charge in [-0.15, -0.1) is 11.3 Å². The van der Waals surface area contributed by atoms with Crippen molar-refractivity contribution in [2.24, 2.45) is 0 Å². The largest absolute Gasteiger partial charge is 0.465 e. The van der Waals surface area contributed by atoms with Crippen LogP contribution in [0.2, 0.25) is 5.02 Å². The Morgan fingerprint density at radius 1 is 1.27 bits per heavy atom. The van der Waals surface area contributed by atoms with E-state index < -0.39 is 0 Å². The van der Waals surface area contributed by atoms with Gasteiger partial charge in [0.05, 0.1) is 31.1 Å². The highest BCUT2D eigenvalue weighted by molar-refractivity contribution is 7.80. The Morgan fingerprint density at radius 3 is 2.82 bits per heavy atom. The van der Waals surface area contributed by atoms with Crippen molar-refractivity contribution in [3.8, 4) is 0 Å². The molecule has 0 aliphatic heterocycles. The van der Waals surface area contributed by atoms with Gasteiger partial charge in [0.1, 0.15) is 10.8 Å². The summed E-state index contributed by atoms with van der Waals surface area (Å²) in [6.07, 6.45) is 9.67. The lowest BCUT2D eigenvalue weighted by Gasteiger charge is -2.11. The minimum Gasteiger partial charge on any atom is -0.465 e. The maximum absolute atomic E-state index is 14.1. The topological polar surface area (TPSA) is 68.2 Å². The van der Waals surface area contributed by atoms with Gasteiger partial charge in [0.2, 0.25) is 0 Å². The van der Waals surface area contributed by atoms with E-state index in [-0.39, 0.29) is 18.3 Å². The van der Waals surface area contributed by atoms with Crippen molar-refractivity contribution >= 4 is 56.9 Å². The average molecular weight is 507 g/mol. The lowest BCUT2D eigenvalue weighted by molar-refractivity contribution is 0.0601. The van der Waals surface area contributed by atoms with Gasteiger partial charge in [-0.3, -0.25) is 4.68 Å². The second-order valence-corrected chi connectivity index (χ2v) is 9.74. The van der Waals surface area contributed by atoms with Crippen LogP contribution in [0.5, 0.6) is 0 Å². The zero-order valence-corrected chi connectivity index (χ0v) is 20.5. The number of thiocarbonyl (C=S) groups is 1. The zero-order chi connectivity index (χ0) is 23.4. The number of hydrogen-bond donors (Lipinski definition) is 2. The molecule has 0 radical (unpaired) electrons. The zero-order valence-electron chi connectivity index (χ0n) is 18.1. The van der Waals surface area contributed by atoms with Crippen LogP contribution in [0, 0.1) is 5.82 Å². The van der Waals surface area contributed by atoms with Crippen LogP contribution in [-0.4, -0.2) is 28.0 Å². The van der Waals surface area contributed by atoms with E-state index in [2.05, 4.69) is 15.7 Å². The molecule has 1 aliphatic carbocycles. The first-order chi connectivity index (χ1) is 16.0. The molecule has 4 rings (SSSR count). The lowest BCUT2D eigenvalue weighted by Crippen LogP contribution is -2.20. The molecule has 1 aromatic carbocycles. The average Bonchev–Trinajstić information content (AvgIpc) is 3.34. The van der Waals surface area contributed by atoms with Crippen molar-refractivity contribution in [1.82, 2.24) is 9.78 Å². The maximum Gasteiger partial charge on any atom is 0.341 e. The SMILES string of the molecule is COC(=O)c1c(NC(=S)Nc2cnn(Cc3c(F)cccc3Cl)c2)sc2c1CCCCCC2. The van der Waals surface area contributed by atoms with Crippen LogP contribution in [0.15, 0.2) is 30.6 Å². The summed E-state index contributed by atoms with van der Waals surface area (Å²) < 4.78 is 20.7. The van der Waals surface area contributed by atoms with Gasteiger partial charge in [-0.25, -0.2) is 9.18 Å². The number of anilines is 2. The van der Waals surface area contributed by atoms with Crippen molar-refractivity contribution < 1.29 is 13.9 Å². The quantitative estimate of drug-likeness (QED) is 0.325. The van der Waals surface area contributed by atoms with Gasteiger partial charge >= 0.3 is 5.97 Å². The summed E-state index contributed by atoms with van der Waals surface area (Å²) in [7, 11) is 1.39. The highest BCUT2D eigenvalue weighted by atomic mass is 35.5. The van der Waals surface area contributed by atoms with E-state index in [9.17, 15) is 9.18 Å². The van der Waals surface area contributed by atoms with Crippen LogP contribution in [0.25, 0.3) is 0 Å². The molecule has 0 amide bonds. The Labute approximate surface area is 206 Å². The first-order valence-electron chi connectivity index (χ1n) is 10.7.